The SMILES string of the molecule is CS(=O)(=O)NCCNc1nc(NN)cn2ccnc12. The van der Waals surface area contributed by atoms with Crippen molar-refractivity contribution < 1.29 is 8.42 Å². The maximum atomic E-state index is 10.9. The Labute approximate surface area is 110 Å². The van der Waals surface area contributed by atoms with E-state index in [1.165, 1.54) is 0 Å². The summed E-state index contributed by atoms with van der Waals surface area (Å²) in [6, 6.07) is 0. The quantitative estimate of drug-likeness (QED) is 0.304. The number of imidazole rings is 1. The third-order valence-corrected chi connectivity index (χ3v) is 3.03. The molecule has 0 amide bonds. The molecule has 9 nitrogen and oxygen atoms in total. The molecule has 104 valence electrons. The summed E-state index contributed by atoms with van der Waals surface area (Å²) in [7, 11) is -3.19. The lowest BCUT2D eigenvalue weighted by Crippen LogP contribution is -2.28. The Morgan fingerprint density at radius 3 is 2.89 bits per heavy atom. The monoisotopic (exact) mass is 285 g/mol. The molecule has 0 unspecified atom stereocenters. The van der Waals surface area contributed by atoms with Gasteiger partial charge in [0.1, 0.15) is 0 Å². The van der Waals surface area contributed by atoms with Gasteiger partial charge in [0.2, 0.25) is 10.0 Å². The van der Waals surface area contributed by atoms with Crippen LogP contribution in [0.2, 0.25) is 0 Å². The molecule has 0 atom stereocenters. The van der Waals surface area contributed by atoms with E-state index in [9.17, 15) is 8.42 Å². The number of fused-ring (bicyclic) bond motifs is 1. The molecule has 10 heteroatoms. The van der Waals surface area contributed by atoms with E-state index in [4.69, 9.17) is 5.84 Å². The van der Waals surface area contributed by atoms with E-state index in [-0.39, 0.29) is 6.54 Å². The van der Waals surface area contributed by atoms with Gasteiger partial charge >= 0.3 is 0 Å². The minimum Gasteiger partial charge on any atom is -0.366 e. The van der Waals surface area contributed by atoms with Crippen LogP contribution in [0.1, 0.15) is 0 Å². The van der Waals surface area contributed by atoms with Crippen LogP contribution in [0.25, 0.3) is 5.65 Å². The van der Waals surface area contributed by atoms with Crippen molar-refractivity contribution in [2.75, 3.05) is 30.1 Å². The van der Waals surface area contributed by atoms with Crippen LogP contribution in [0.4, 0.5) is 11.6 Å². The van der Waals surface area contributed by atoms with Crippen molar-refractivity contribution in [2.24, 2.45) is 5.84 Å². The van der Waals surface area contributed by atoms with Gasteiger partial charge in [-0.1, -0.05) is 0 Å². The number of rotatable bonds is 6. The van der Waals surface area contributed by atoms with Crippen molar-refractivity contribution in [3.05, 3.63) is 18.6 Å². The highest BCUT2D eigenvalue weighted by Crippen LogP contribution is 2.15. The number of hydrazine groups is 1. The van der Waals surface area contributed by atoms with Crippen molar-refractivity contribution in [2.45, 2.75) is 0 Å². The summed E-state index contributed by atoms with van der Waals surface area (Å²) >= 11 is 0. The predicted octanol–water partition coefficient (Wildman–Crippen LogP) is -1.02. The van der Waals surface area contributed by atoms with E-state index in [1.807, 2.05) is 0 Å². The van der Waals surface area contributed by atoms with Gasteiger partial charge in [0.15, 0.2) is 17.3 Å². The van der Waals surface area contributed by atoms with Crippen molar-refractivity contribution in [3.8, 4) is 0 Å². The fourth-order valence-electron chi connectivity index (χ4n) is 1.54. The van der Waals surface area contributed by atoms with Crippen LogP contribution in [0.3, 0.4) is 0 Å². The predicted molar refractivity (Wildman–Crippen MR) is 72.1 cm³/mol. The number of hydrogen-bond acceptors (Lipinski definition) is 7. The van der Waals surface area contributed by atoms with Crippen LogP contribution in [0.5, 0.6) is 0 Å². The zero-order chi connectivity index (χ0) is 13.9. The van der Waals surface area contributed by atoms with Crippen LogP contribution in [0, 0.1) is 0 Å². The summed E-state index contributed by atoms with van der Waals surface area (Å²) in [4.78, 5) is 8.37. The summed E-state index contributed by atoms with van der Waals surface area (Å²) in [5.41, 5.74) is 3.09. The first kappa shape index (κ1) is 13.5. The Hall–Kier alpha value is -1.91. The Bertz CT molecular complexity index is 666. The molecule has 2 aromatic rings. The molecule has 0 fully saturated rings. The van der Waals surface area contributed by atoms with Gasteiger partial charge in [-0.15, -0.1) is 0 Å². The van der Waals surface area contributed by atoms with Gasteiger partial charge in [-0.3, -0.25) is 0 Å². The molecule has 19 heavy (non-hydrogen) atoms. The van der Waals surface area contributed by atoms with E-state index in [2.05, 4.69) is 25.4 Å². The third-order valence-electron chi connectivity index (χ3n) is 2.30. The van der Waals surface area contributed by atoms with Crippen LogP contribution in [-0.2, 0) is 10.0 Å². The second kappa shape index (κ2) is 5.38. The van der Waals surface area contributed by atoms with Crippen molar-refractivity contribution in [1.82, 2.24) is 19.1 Å². The maximum Gasteiger partial charge on any atom is 0.208 e. The number of anilines is 2. The Balaban J connectivity index is 2.09. The van der Waals surface area contributed by atoms with Crippen molar-refractivity contribution >= 4 is 27.3 Å². The van der Waals surface area contributed by atoms with Gasteiger partial charge in [-0.2, -0.15) is 0 Å². The van der Waals surface area contributed by atoms with Crippen LogP contribution >= 0.6 is 0 Å². The smallest absolute Gasteiger partial charge is 0.208 e. The van der Waals surface area contributed by atoms with E-state index in [0.29, 0.717) is 23.8 Å². The van der Waals surface area contributed by atoms with E-state index < -0.39 is 10.0 Å². The van der Waals surface area contributed by atoms with E-state index >= 15 is 0 Å². The Morgan fingerprint density at radius 2 is 2.21 bits per heavy atom. The molecule has 0 spiro atoms. The average molecular weight is 285 g/mol. The molecule has 2 aromatic heterocycles. The van der Waals surface area contributed by atoms with Crippen LogP contribution in [-0.4, -0.2) is 42.1 Å². The molecule has 0 aliphatic carbocycles. The third kappa shape index (κ3) is 3.53. The number of hydrogen-bond donors (Lipinski definition) is 4. The largest absolute Gasteiger partial charge is 0.366 e. The van der Waals surface area contributed by atoms with Gasteiger partial charge in [0.25, 0.3) is 0 Å². The number of sulfonamides is 1. The molecule has 0 aliphatic rings. The highest BCUT2D eigenvalue weighted by molar-refractivity contribution is 7.88. The maximum absolute atomic E-state index is 10.9. The Kier molecular flexibility index (Phi) is 3.83. The number of nitrogens with two attached hydrogens (primary N) is 1. The summed E-state index contributed by atoms with van der Waals surface area (Å²) in [6.45, 7) is 0.643. The second-order valence-electron chi connectivity index (χ2n) is 3.87. The average Bonchev–Trinajstić information content (AvgIpc) is 2.81. The van der Waals surface area contributed by atoms with Crippen molar-refractivity contribution in [3.63, 3.8) is 0 Å². The zero-order valence-electron chi connectivity index (χ0n) is 10.3. The first-order valence-electron chi connectivity index (χ1n) is 5.48. The first-order valence-corrected chi connectivity index (χ1v) is 7.37. The molecule has 0 aromatic carbocycles. The van der Waals surface area contributed by atoms with Crippen LogP contribution < -0.4 is 21.3 Å². The first-order chi connectivity index (χ1) is 8.99. The number of nitrogen functional groups attached to an aromatic ring is 1. The fourth-order valence-corrected chi connectivity index (χ4v) is 2.01. The number of nitrogens with zero attached hydrogens (tertiary/aromatic N) is 3. The molecule has 0 bridgehead atoms. The molecular weight excluding hydrogens is 270 g/mol. The van der Waals surface area contributed by atoms with Crippen LogP contribution in [0.15, 0.2) is 18.6 Å². The standard InChI is InChI=1S/C9H15N7O2S/c1-19(17,18)13-3-2-11-8-9-12-4-5-16(9)6-7(14-8)15-10/h4-6,13,15H,2-3,10H2,1H3,(H,11,14). The minimum absolute atomic E-state index is 0.258. The van der Waals surface area contributed by atoms with Gasteiger partial charge in [-0.05, 0) is 0 Å². The van der Waals surface area contributed by atoms with Crippen molar-refractivity contribution in [1.29, 1.82) is 0 Å². The highest BCUT2D eigenvalue weighted by atomic mass is 32.2. The summed E-state index contributed by atoms with van der Waals surface area (Å²) in [5.74, 6) is 6.32. The molecular formula is C9H15N7O2S. The molecule has 5 N–H and O–H groups in total. The lowest BCUT2D eigenvalue weighted by Gasteiger charge is -2.09. The van der Waals surface area contributed by atoms with E-state index in [0.717, 1.165) is 6.26 Å². The summed E-state index contributed by atoms with van der Waals surface area (Å²) in [6.07, 6.45) is 6.20. The molecule has 0 aliphatic heterocycles. The molecule has 0 saturated carbocycles. The second-order valence-corrected chi connectivity index (χ2v) is 5.70. The van der Waals surface area contributed by atoms with E-state index in [1.54, 1.807) is 23.0 Å². The van der Waals surface area contributed by atoms with Gasteiger partial charge in [0, 0.05) is 25.5 Å². The van der Waals surface area contributed by atoms with Gasteiger partial charge in [-0.25, -0.2) is 29.0 Å². The Morgan fingerprint density at radius 1 is 1.42 bits per heavy atom. The molecule has 0 radical (unpaired) electrons. The molecule has 2 heterocycles. The lowest BCUT2D eigenvalue weighted by molar-refractivity contribution is 0.589. The topological polar surface area (TPSA) is 126 Å². The zero-order valence-corrected chi connectivity index (χ0v) is 11.1. The number of nitrogens with one attached hydrogen (secondary N) is 3. The normalized spacial score (nSPS) is 11.7. The van der Waals surface area contributed by atoms with Gasteiger partial charge in [0.05, 0.1) is 12.5 Å². The summed E-state index contributed by atoms with van der Waals surface area (Å²) < 4.78 is 26.0. The highest BCUT2D eigenvalue weighted by Gasteiger charge is 2.07. The minimum atomic E-state index is -3.19. The summed E-state index contributed by atoms with van der Waals surface area (Å²) in [5, 5.41) is 3.00. The van der Waals surface area contributed by atoms with Gasteiger partial charge < -0.3 is 15.1 Å². The molecule has 0 saturated heterocycles. The molecule has 2 rings (SSSR count). The fraction of sp³-hybridized carbons (Fsp3) is 0.333. The number of aromatic nitrogens is 3. The lowest BCUT2D eigenvalue weighted by atomic mass is 10.5.